The molecule has 94 valence electrons. The largest absolute Gasteiger partial charge is 0.475 e. The van der Waals surface area contributed by atoms with Crippen LogP contribution in [0.5, 0.6) is 5.88 Å². The van der Waals surface area contributed by atoms with Gasteiger partial charge in [-0.2, -0.15) is 4.98 Å². The predicted octanol–water partition coefficient (Wildman–Crippen LogP) is 3.01. The van der Waals surface area contributed by atoms with Gasteiger partial charge in [-0.15, -0.1) is 0 Å². The van der Waals surface area contributed by atoms with Crippen molar-refractivity contribution in [3.63, 3.8) is 0 Å². The Hall–Kier alpha value is -1.32. The van der Waals surface area contributed by atoms with Gasteiger partial charge in [0, 0.05) is 18.3 Å². The molecule has 0 aliphatic heterocycles. The summed E-state index contributed by atoms with van der Waals surface area (Å²) in [4.78, 5) is 8.60. The van der Waals surface area contributed by atoms with Crippen LogP contribution < -0.4 is 10.1 Å². The van der Waals surface area contributed by atoms with E-state index in [-0.39, 0.29) is 6.10 Å². The summed E-state index contributed by atoms with van der Waals surface area (Å²) < 4.78 is 5.55. The minimum Gasteiger partial charge on any atom is -0.475 e. The zero-order valence-electron chi connectivity index (χ0n) is 10.6. The average molecular weight is 235 g/mol. The molecular formula is C13H21N3O. The van der Waals surface area contributed by atoms with E-state index in [2.05, 4.69) is 15.3 Å². The van der Waals surface area contributed by atoms with Crippen molar-refractivity contribution < 1.29 is 4.74 Å². The van der Waals surface area contributed by atoms with Crippen molar-refractivity contribution in [1.29, 1.82) is 0 Å². The number of nitrogens with zero attached hydrogens (tertiary/aromatic N) is 2. The fourth-order valence-corrected chi connectivity index (χ4v) is 2.15. The van der Waals surface area contributed by atoms with Crippen molar-refractivity contribution in [2.24, 2.45) is 0 Å². The molecule has 1 aromatic heterocycles. The summed E-state index contributed by atoms with van der Waals surface area (Å²) in [6.45, 7) is 3.99. The lowest BCUT2D eigenvalue weighted by Crippen LogP contribution is -2.23. The fourth-order valence-electron chi connectivity index (χ4n) is 2.15. The smallest absolute Gasteiger partial charge is 0.226 e. The van der Waals surface area contributed by atoms with Crippen molar-refractivity contribution in [2.75, 3.05) is 5.32 Å². The Labute approximate surface area is 103 Å². The molecule has 4 nitrogen and oxygen atoms in total. The molecule has 0 saturated heterocycles. The summed E-state index contributed by atoms with van der Waals surface area (Å²) >= 11 is 0. The summed E-state index contributed by atoms with van der Waals surface area (Å²) in [5, 5.41) is 3.39. The second-order valence-corrected chi connectivity index (χ2v) is 4.86. The Morgan fingerprint density at radius 3 is 2.76 bits per heavy atom. The van der Waals surface area contributed by atoms with Gasteiger partial charge in [0.1, 0.15) is 0 Å². The summed E-state index contributed by atoms with van der Waals surface area (Å²) in [7, 11) is 0. The molecule has 1 aromatic rings. The van der Waals surface area contributed by atoms with Gasteiger partial charge in [0.15, 0.2) is 0 Å². The van der Waals surface area contributed by atoms with Crippen LogP contribution in [0.15, 0.2) is 12.3 Å². The molecule has 4 heteroatoms. The van der Waals surface area contributed by atoms with E-state index in [1.165, 1.54) is 32.1 Å². The highest BCUT2D eigenvalue weighted by molar-refractivity contribution is 5.29. The molecule has 0 radical (unpaired) electrons. The van der Waals surface area contributed by atoms with E-state index in [9.17, 15) is 0 Å². The van der Waals surface area contributed by atoms with E-state index in [0.29, 0.717) is 17.9 Å². The zero-order chi connectivity index (χ0) is 12.1. The van der Waals surface area contributed by atoms with Gasteiger partial charge in [-0.25, -0.2) is 4.98 Å². The minimum atomic E-state index is 0.146. The Morgan fingerprint density at radius 2 is 2.06 bits per heavy atom. The highest BCUT2D eigenvalue weighted by Gasteiger charge is 2.14. The van der Waals surface area contributed by atoms with Gasteiger partial charge in [0.05, 0.1) is 6.10 Å². The maximum atomic E-state index is 5.55. The SMILES string of the molecule is CC(C)Oc1ccnc(NC2CCCCC2)n1. The Bertz CT molecular complexity index is 348. The van der Waals surface area contributed by atoms with Crippen LogP contribution in [0.3, 0.4) is 0 Å². The molecule has 1 heterocycles. The fraction of sp³-hybridized carbons (Fsp3) is 0.692. The van der Waals surface area contributed by atoms with Crippen molar-refractivity contribution in [3.8, 4) is 5.88 Å². The van der Waals surface area contributed by atoms with Gasteiger partial charge in [0.25, 0.3) is 0 Å². The number of anilines is 1. The molecule has 0 amide bonds. The molecule has 0 spiro atoms. The first-order valence-electron chi connectivity index (χ1n) is 6.50. The van der Waals surface area contributed by atoms with E-state index >= 15 is 0 Å². The van der Waals surface area contributed by atoms with Crippen LogP contribution in [0.25, 0.3) is 0 Å². The minimum absolute atomic E-state index is 0.146. The maximum Gasteiger partial charge on any atom is 0.226 e. The van der Waals surface area contributed by atoms with E-state index in [1.54, 1.807) is 12.3 Å². The lowest BCUT2D eigenvalue weighted by atomic mass is 9.96. The van der Waals surface area contributed by atoms with Crippen LogP contribution in [-0.4, -0.2) is 22.1 Å². The van der Waals surface area contributed by atoms with Gasteiger partial charge >= 0.3 is 0 Å². The van der Waals surface area contributed by atoms with Gasteiger partial charge in [-0.3, -0.25) is 0 Å². The molecule has 2 rings (SSSR count). The van der Waals surface area contributed by atoms with Crippen molar-refractivity contribution in [2.45, 2.75) is 58.1 Å². The molecule has 17 heavy (non-hydrogen) atoms. The van der Waals surface area contributed by atoms with Crippen molar-refractivity contribution >= 4 is 5.95 Å². The lowest BCUT2D eigenvalue weighted by Gasteiger charge is -2.22. The molecule has 0 bridgehead atoms. The highest BCUT2D eigenvalue weighted by atomic mass is 16.5. The number of rotatable bonds is 4. The zero-order valence-corrected chi connectivity index (χ0v) is 10.6. The van der Waals surface area contributed by atoms with Crippen LogP contribution in [0, 0.1) is 0 Å². The molecule has 1 aliphatic carbocycles. The molecule has 1 saturated carbocycles. The number of hydrogen-bond donors (Lipinski definition) is 1. The first-order chi connectivity index (χ1) is 8.24. The molecule has 0 aromatic carbocycles. The van der Waals surface area contributed by atoms with Crippen LogP contribution in [0.2, 0.25) is 0 Å². The van der Waals surface area contributed by atoms with E-state index in [1.807, 2.05) is 13.8 Å². The van der Waals surface area contributed by atoms with Gasteiger partial charge in [0.2, 0.25) is 11.8 Å². The Kier molecular flexibility index (Phi) is 4.18. The number of ether oxygens (including phenoxy) is 1. The first kappa shape index (κ1) is 12.1. The van der Waals surface area contributed by atoms with Gasteiger partial charge < -0.3 is 10.1 Å². The topological polar surface area (TPSA) is 47.0 Å². The number of nitrogens with one attached hydrogen (secondary N) is 1. The van der Waals surface area contributed by atoms with Crippen molar-refractivity contribution in [1.82, 2.24) is 9.97 Å². The lowest BCUT2D eigenvalue weighted by molar-refractivity contribution is 0.232. The number of hydrogen-bond acceptors (Lipinski definition) is 4. The third kappa shape index (κ3) is 3.88. The van der Waals surface area contributed by atoms with E-state index < -0.39 is 0 Å². The second-order valence-electron chi connectivity index (χ2n) is 4.86. The molecule has 1 fully saturated rings. The van der Waals surface area contributed by atoms with Crippen molar-refractivity contribution in [3.05, 3.63) is 12.3 Å². The highest BCUT2D eigenvalue weighted by Crippen LogP contribution is 2.20. The molecule has 0 atom stereocenters. The van der Waals surface area contributed by atoms with E-state index in [4.69, 9.17) is 4.74 Å². The summed E-state index contributed by atoms with van der Waals surface area (Å²) in [6.07, 6.45) is 8.30. The maximum absolute atomic E-state index is 5.55. The number of aromatic nitrogens is 2. The normalized spacial score (nSPS) is 17.1. The monoisotopic (exact) mass is 235 g/mol. The summed E-state index contributed by atoms with van der Waals surface area (Å²) in [5.41, 5.74) is 0. The van der Waals surface area contributed by atoms with E-state index in [0.717, 1.165) is 0 Å². The summed E-state index contributed by atoms with van der Waals surface area (Å²) in [5.74, 6) is 1.34. The predicted molar refractivity (Wildman–Crippen MR) is 68.3 cm³/mol. The third-order valence-electron chi connectivity index (χ3n) is 2.92. The standard InChI is InChI=1S/C13H21N3O/c1-10(2)17-12-8-9-14-13(16-12)15-11-6-4-3-5-7-11/h8-11H,3-7H2,1-2H3,(H,14,15,16). The first-order valence-corrected chi connectivity index (χ1v) is 6.50. The Morgan fingerprint density at radius 1 is 1.29 bits per heavy atom. The molecule has 0 unspecified atom stereocenters. The van der Waals surface area contributed by atoms with Crippen LogP contribution in [-0.2, 0) is 0 Å². The summed E-state index contributed by atoms with van der Waals surface area (Å²) in [6, 6.07) is 2.32. The Balaban J connectivity index is 1.95. The van der Waals surface area contributed by atoms with Crippen LogP contribution >= 0.6 is 0 Å². The molecule has 1 aliphatic rings. The second kappa shape index (κ2) is 5.84. The van der Waals surface area contributed by atoms with Crippen LogP contribution in [0.4, 0.5) is 5.95 Å². The van der Waals surface area contributed by atoms with Crippen LogP contribution in [0.1, 0.15) is 46.0 Å². The quantitative estimate of drug-likeness (QED) is 0.871. The molecular weight excluding hydrogens is 214 g/mol. The van der Waals surface area contributed by atoms with Gasteiger partial charge in [-0.1, -0.05) is 19.3 Å². The van der Waals surface area contributed by atoms with Gasteiger partial charge in [-0.05, 0) is 26.7 Å². The third-order valence-corrected chi connectivity index (χ3v) is 2.92. The average Bonchev–Trinajstić information content (AvgIpc) is 2.30. The molecule has 1 N–H and O–H groups in total.